The SMILES string of the molecule is Cc1cn2nc(C3CCCCN3C(O)C3CC4CCCCC4S3)cc2nc1N1CCC(N)C1. The molecular formula is C25H38N6OS. The number of aromatic nitrogens is 3. The van der Waals surface area contributed by atoms with Gasteiger partial charge >= 0.3 is 0 Å². The summed E-state index contributed by atoms with van der Waals surface area (Å²) in [4.78, 5) is 9.65. The summed E-state index contributed by atoms with van der Waals surface area (Å²) in [6.07, 6.45) is 12.7. The zero-order valence-corrected chi connectivity index (χ0v) is 20.6. The van der Waals surface area contributed by atoms with Gasteiger partial charge in [-0.1, -0.05) is 19.3 Å². The number of aryl methyl sites for hydroxylation is 1. The summed E-state index contributed by atoms with van der Waals surface area (Å²) < 4.78 is 1.93. The van der Waals surface area contributed by atoms with Crippen LogP contribution >= 0.6 is 11.8 Å². The molecule has 1 saturated carbocycles. The molecule has 0 amide bonds. The van der Waals surface area contributed by atoms with Crippen molar-refractivity contribution in [3.8, 4) is 0 Å². The van der Waals surface area contributed by atoms with Crippen LogP contribution in [-0.2, 0) is 0 Å². The third-order valence-electron chi connectivity index (χ3n) is 8.43. The van der Waals surface area contributed by atoms with E-state index in [1.165, 1.54) is 38.5 Å². The zero-order valence-electron chi connectivity index (χ0n) is 19.8. The van der Waals surface area contributed by atoms with Gasteiger partial charge in [0.2, 0.25) is 0 Å². The standard InChI is InChI=1S/C25H38N6OS/c1-16-14-31-23(27-24(16)29-11-9-18(26)15-29)13-19(28-31)20-7-4-5-10-30(20)25(32)22-12-17-6-2-3-8-21(17)33-22/h13-14,17-18,20-22,25,32H,2-12,15,26H2,1H3. The lowest BCUT2D eigenvalue weighted by Gasteiger charge is -2.40. The number of rotatable bonds is 4. The van der Waals surface area contributed by atoms with Crippen molar-refractivity contribution < 1.29 is 5.11 Å². The van der Waals surface area contributed by atoms with Crippen molar-refractivity contribution in [2.75, 3.05) is 24.5 Å². The molecule has 5 heterocycles. The Morgan fingerprint density at radius 1 is 1.12 bits per heavy atom. The van der Waals surface area contributed by atoms with E-state index < -0.39 is 0 Å². The highest BCUT2D eigenvalue weighted by Crippen LogP contribution is 2.48. The first-order valence-corrected chi connectivity index (χ1v) is 14.0. The molecule has 4 fully saturated rings. The molecule has 3 saturated heterocycles. The summed E-state index contributed by atoms with van der Waals surface area (Å²) >= 11 is 2.07. The molecule has 0 radical (unpaired) electrons. The molecule has 4 aliphatic rings. The number of anilines is 1. The highest BCUT2D eigenvalue weighted by atomic mass is 32.2. The van der Waals surface area contributed by atoms with E-state index in [0.29, 0.717) is 5.25 Å². The maximum absolute atomic E-state index is 11.5. The van der Waals surface area contributed by atoms with Crippen LogP contribution in [0.15, 0.2) is 12.3 Å². The average molecular weight is 471 g/mol. The van der Waals surface area contributed by atoms with Gasteiger partial charge < -0.3 is 15.7 Å². The second-order valence-corrected chi connectivity index (χ2v) is 12.3. The van der Waals surface area contributed by atoms with E-state index in [2.05, 4.69) is 40.7 Å². The van der Waals surface area contributed by atoms with Gasteiger partial charge in [0, 0.05) is 54.0 Å². The van der Waals surface area contributed by atoms with Crippen molar-refractivity contribution in [3.63, 3.8) is 0 Å². The molecule has 180 valence electrons. The van der Waals surface area contributed by atoms with Gasteiger partial charge in [-0.2, -0.15) is 16.9 Å². The van der Waals surface area contributed by atoms with Gasteiger partial charge in [0.25, 0.3) is 0 Å². The summed E-state index contributed by atoms with van der Waals surface area (Å²) in [6.45, 7) is 4.90. The van der Waals surface area contributed by atoms with Crippen molar-refractivity contribution in [1.29, 1.82) is 0 Å². The monoisotopic (exact) mass is 470 g/mol. The third kappa shape index (κ3) is 4.17. The van der Waals surface area contributed by atoms with Gasteiger partial charge in [-0.25, -0.2) is 9.50 Å². The second-order valence-electron chi connectivity index (χ2n) is 10.8. The van der Waals surface area contributed by atoms with Crippen molar-refractivity contribution >= 4 is 23.2 Å². The molecule has 0 bridgehead atoms. The predicted molar refractivity (Wildman–Crippen MR) is 134 cm³/mol. The van der Waals surface area contributed by atoms with Crippen LogP contribution < -0.4 is 10.6 Å². The number of nitrogens with zero attached hydrogens (tertiary/aromatic N) is 5. The minimum Gasteiger partial charge on any atom is -0.377 e. The highest BCUT2D eigenvalue weighted by molar-refractivity contribution is 8.00. The third-order valence-corrected chi connectivity index (χ3v) is 10.2. The normalized spacial score (nSPS) is 34.2. The number of hydrogen-bond acceptors (Lipinski definition) is 7. The Morgan fingerprint density at radius 2 is 1.97 bits per heavy atom. The summed E-state index contributed by atoms with van der Waals surface area (Å²) in [6, 6.07) is 2.55. The summed E-state index contributed by atoms with van der Waals surface area (Å²) in [7, 11) is 0. The topological polar surface area (TPSA) is 82.9 Å². The van der Waals surface area contributed by atoms with E-state index in [1.54, 1.807) is 0 Å². The molecule has 0 spiro atoms. The van der Waals surface area contributed by atoms with Crippen molar-refractivity contribution in [3.05, 3.63) is 23.5 Å². The van der Waals surface area contributed by atoms with Gasteiger partial charge in [0.1, 0.15) is 12.0 Å². The molecule has 6 unspecified atom stereocenters. The lowest BCUT2D eigenvalue weighted by atomic mass is 9.85. The minimum absolute atomic E-state index is 0.169. The highest BCUT2D eigenvalue weighted by Gasteiger charge is 2.43. The van der Waals surface area contributed by atoms with Crippen LogP contribution in [0.5, 0.6) is 0 Å². The summed E-state index contributed by atoms with van der Waals surface area (Å²) in [5, 5.41) is 17.6. The molecular weight excluding hydrogens is 432 g/mol. The Morgan fingerprint density at radius 3 is 2.79 bits per heavy atom. The van der Waals surface area contributed by atoms with E-state index >= 15 is 0 Å². The van der Waals surface area contributed by atoms with Gasteiger partial charge in [-0.3, -0.25) is 4.90 Å². The van der Waals surface area contributed by atoms with E-state index in [4.69, 9.17) is 15.8 Å². The molecule has 0 aromatic carbocycles. The van der Waals surface area contributed by atoms with Crippen LogP contribution in [0.4, 0.5) is 5.82 Å². The van der Waals surface area contributed by atoms with Crippen LogP contribution in [0.25, 0.3) is 5.65 Å². The molecule has 3 aliphatic heterocycles. The Bertz CT molecular complexity index is 983. The quantitative estimate of drug-likeness (QED) is 0.708. The number of aliphatic hydroxyl groups is 1. The first-order valence-electron chi connectivity index (χ1n) is 13.0. The fourth-order valence-corrected chi connectivity index (χ4v) is 8.55. The van der Waals surface area contributed by atoms with Crippen LogP contribution in [0.1, 0.15) is 75.1 Å². The Kier molecular flexibility index (Phi) is 6.05. The number of hydrogen-bond donors (Lipinski definition) is 2. The molecule has 8 heteroatoms. The molecule has 2 aromatic rings. The summed E-state index contributed by atoms with van der Waals surface area (Å²) in [5.41, 5.74) is 9.23. The number of fused-ring (bicyclic) bond motifs is 2. The molecule has 6 rings (SSSR count). The fourth-order valence-electron chi connectivity index (χ4n) is 6.68. The maximum atomic E-state index is 11.5. The zero-order chi connectivity index (χ0) is 22.5. The first-order chi connectivity index (χ1) is 16.1. The number of piperidine rings is 1. The van der Waals surface area contributed by atoms with Crippen LogP contribution in [0.2, 0.25) is 0 Å². The van der Waals surface area contributed by atoms with Crippen LogP contribution in [-0.4, -0.2) is 67.0 Å². The Hall–Kier alpha value is -1.35. The number of likely N-dealkylation sites (tertiary alicyclic amines) is 1. The molecule has 1 aliphatic carbocycles. The molecule has 2 aromatic heterocycles. The Balaban J connectivity index is 1.25. The van der Waals surface area contributed by atoms with Gasteiger partial charge in [0.05, 0.1) is 11.7 Å². The van der Waals surface area contributed by atoms with Crippen LogP contribution in [0, 0.1) is 12.8 Å². The van der Waals surface area contributed by atoms with Crippen molar-refractivity contribution in [2.24, 2.45) is 11.7 Å². The van der Waals surface area contributed by atoms with Gasteiger partial charge in [0.15, 0.2) is 5.65 Å². The molecule has 7 nitrogen and oxygen atoms in total. The largest absolute Gasteiger partial charge is 0.377 e. The Labute approximate surface area is 201 Å². The maximum Gasteiger partial charge on any atom is 0.157 e. The molecule has 6 atom stereocenters. The van der Waals surface area contributed by atoms with Crippen LogP contribution in [0.3, 0.4) is 0 Å². The lowest BCUT2D eigenvalue weighted by Crippen LogP contribution is -2.46. The van der Waals surface area contributed by atoms with Crippen molar-refractivity contribution in [1.82, 2.24) is 19.5 Å². The van der Waals surface area contributed by atoms with E-state index in [0.717, 1.165) is 72.8 Å². The van der Waals surface area contributed by atoms with E-state index in [1.807, 2.05) is 4.52 Å². The number of aliphatic hydroxyl groups excluding tert-OH is 1. The second kappa shape index (κ2) is 9.02. The number of nitrogens with two attached hydrogens (primary N) is 1. The predicted octanol–water partition coefficient (Wildman–Crippen LogP) is 3.48. The first kappa shape index (κ1) is 22.1. The fraction of sp³-hybridized carbons (Fsp3) is 0.760. The van der Waals surface area contributed by atoms with Crippen molar-refractivity contribution in [2.45, 2.75) is 93.5 Å². The lowest BCUT2D eigenvalue weighted by molar-refractivity contribution is -0.0450. The molecule has 3 N–H and O–H groups in total. The van der Waals surface area contributed by atoms with E-state index in [-0.39, 0.29) is 18.3 Å². The smallest absolute Gasteiger partial charge is 0.157 e. The van der Waals surface area contributed by atoms with E-state index in [9.17, 15) is 5.11 Å². The van der Waals surface area contributed by atoms with Gasteiger partial charge in [-0.05, 0) is 51.4 Å². The molecule has 33 heavy (non-hydrogen) atoms. The number of thioether (sulfide) groups is 1. The minimum atomic E-state index is -0.382. The average Bonchev–Trinajstić information content (AvgIpc) is 3.55. The van der Waals surface area contributed by atoms with Gasteiger partial charge in [-0.15, -0.1) is 0 Å². The summed E-state index contributed by atoms with van der Waals surface area (Å²) in [5.74, 6) is 1.85.